The molecule has 3 heterocycles. The van der Waals surface area contributed by atoms with Gasteiger partial charge in [0.25, 0.3) is 12.6 Å². The molecule has 1 saturated carbocycles. The van der Waals surface area contributed by atoms with Crippen molar-refractivity contribution in [3.05, 3.63) is 88.5 Å². The number of methoxy groups -OCH3 is 1. The Balaban J connectivity index is 1.48. The predicted octanol–water partition coefficient (Wildman–Crippen LogP) is 4.77. The number of nitrogens with zero attached hydrogens (tertiary/aromatic N) is 2. The van der Waals surface area contributed by atoms with Gasteiger partial charge >= 0.3 is 0 Å². The molecule has 8 rings (SSSR count). The van der Waals surface area contributed by atoms with Crippen molar-refractivity contribution in [2.45, 2.75) is 43.7 Å². The normalized spacial score (nSPS) is 29.4. The van der Waals surface area contributed by atoms with E-state index in [-0.39, 0.29) is 24.1 Å². The molecule has 35 heavy (non-hydrogen) atoms. The van der Waals surface area contributed by atoms with E-state index < -0.39 is 5.79 Å². The standard InChI is InChI=1S/C30H25N2O3/c1-15-7-6-10-19-22(15)16(2)13-20-23(19)26-28(30(26,33)34-3)32-14-31-29-25(27(20)32)24-18-9-5-4-8-17(18)11-12-21(24)35-29/h4-14,25-26,28-29,33H,1-3H3/q+1. The largest absolute Gasteiger partial charge is 0.447 e. The lowest BCUT2D eigenvalue weighted by molar-refractivity contribution is -0.444. The molecule has 0 spiro atoms. The van der Waals surface area contributed by atoms with Crippen molar-refractivity contribution in [2.24, 2.45) is 4.99 Å². The van der Waals surface area contributed by atoms with E-state index in [0.717, 1.165) is 11.5 Å². The van der Waals surface area contributed by atoms with Crippen molar-refractivity contribution >= 4 is 33.6 Å². The number of rotatable bonds is 1. The number of benzene rings is 4. The summed E-state index contributed by atoms with van der Waals surface area (Å²) in [6, 6.07) is 21.2. The van der Waals surface area contributed by atoms with Gasteiger partial charge in [-0.05, 0) is 69.2 Å². The van der Waals surface area contributed by atoms with Gasteiger partial charge in [-0.15, -0.1) is 0 Å². The molecular weight excluding hydrogens is 436 g/mol. The number of hydrogen-bond acceptors (Lipinski definition) is 4. The van der Waals surface area contributed by atoms with Crippen LogP contribution in [-0.4, -0.2) is 46.9 Å². The zero-order valence-electron chi connectivity index (χ0n) is 19.8. The van der Waals surface area contributed by atoms with Crippen molar-refractivity contribution in [2.75, 3.05) is 7.11 Å². The molecule has 0 radical (unpaired) electrons. The summed E-state index contributed by atoms with van der Waals surface area (Å²) in [6.45, 7) is 4.35. The Kier molecular flexibility index (Phi) is 3.59. The highest BCUT2D eigenvalue weighted by Crippen LogP contribution is 2.61. The average molecular weight is 462 g/mol. The molecule has 0 aromatic heterocycles. The van der Waals surface area contributed by atoms with E-state index in [4.69, 9.17) is 14.5 Å². The Bertz CT molecular complexity index is 1690. The maximum absolute atomic E-state index is 11.6. The highest BCUT2D eigenvalue weighted by molar-refractivity contribution is 6.13. The molecule has 5 heteroatoms. The second kappa shape index (κ2) is 6.36. The molecule has 1 N–H and O–H groups in total. The quantitative estimate of drug-likeness (QED) is 0.328. The van der Waals surface area contributed by atoms with Gasteiger partial charge in [0, 0.05) is 18.2 Å². The first-order valence-corrected chi connectivity index (χ1v) is 12.2. The maximum Gasteiger partial charge on any atom is 0.293 e. The Hall–Kier alpha value is -3.54. The lowest BCUT2D eigenvalue weighted by atomic mass is 9.79. The molecule has 0 saturated heterocycles. The fraction of sp³-hybridized carbons (Fsp3) is 0.267. The summed E-state index contributed by atoms with van der Waals surface area (Å²) >= 11 is 0. The number of aryl methyl sites for hydroxylation is 2. The van der Waals surface area contributed by atoms with Gasteiger partial charge < -0.3 is 14.6 Å². The summed E-state index contributed by atoms with van der Waals surface area (Å²) in [5.74, 6) is -0.583. The minimum absolute atomic E-state index is 0.0656. The van der Waals surface area contributed by atoms with Crippen LogP contribution in [0.3, 0.4) is 0 Å². The van der Waals surface area contributed by atoms with Crippen LogP contribution in [-0.2, 0) is 4.74 Å². The Morgan fingerprint density at radius 2 is 1.80 bits per heavy atom. The first-order chi connectivity index (χ1) is 17.0. The molecule has 5 atom stereocenters. The topological polar surface area (TPSA) is 54.1 Å². The number of hydrogen-bond donors (Lipinski definition) is 1. The van der Waals surface area contributed by atoms with Crippen molar-refractivity contribution in [1.82, 2.24) is 0 Å². The van der Waals surface area contributed by atoms with Gasteiger partial charge in [0.05, 0.1) is 5.92 Å². The second-order valence-corrected chi connectivity index (χ2v) is 10.3. The summed E-state index contributed by atoms with van der Waals surface area (Å²) in [4.78, 5) is 4.84. The Morgan fingerprint density at radius 3 is 2.66 bits per heavy atom. The van der Waals surface area contributed by atoms with Crippen LogP contribution in [0.4, 0.5) is 0 Å². The third-order valence-electron chi connectivity index (χ3n) is 8.58. The minimum atomic E-state index is -1.26. The lowest BCUT2D eigenvalue weighted by Crippen LogP contribution is -2.41. The third kappa shape index (κ3) is 2.26. The van der Waals surface area contributed by atoms with Gasteiger partial charge in [0.15, 0.2) is 6.04 Å². The van der Waals surface area contributed by atoms with E-state index >= 15 is 0 Å². The third-order valence-corrected chi connectivity index (χ3v) is 8.58. The van der Waals surface area contributed by atoms with E-state index in [2.05, 4.69) is 79.1 Å². The van der Waals surface area contributed by atoms with Crippen LogP contribution in [0.25, 0.3) is 21.5 Å². The number of fused-ring (bicyclic) bond motifs is 13. The van der Waals surface area contributed by atoms with E-state index in [9.17, 15) is 5.11 Å². The zero-order chi connectivity index (χ0) is 23.6. The fourth-order valence-electron chi connectivity index (χ4n) is 7.10. The van der Waals surface area contributed by atoms with Crippen molar-refractivity contribution in [3.8, 4) is 5.75 Å². The summed E-state index contributed by atoms with van der Waals surface area (Å²) in [5.41, 5.74) is 7.16. The molecule has 172 valence electrons. The summed E-state index contributed by atoms with van der Waals surface area (Å²) in [5, 5.41) is 16.5. The molecular formula is C30H25N2O3+. The van der Waals surface area contributed by atoms with Crippen LogP contribution < -0.4 is 4.74 Å². The number of ether oxygens (including phenoxy) is 2. The van der Waals surface area contributed by atoms with Gasteiger partial charge in [0.2, 0.25) is 5.79 Å². The molecule has 5 unspecified atom stereocenters. The molecule has 4 aromatic carbocycles. The van der Waals surface area contributed by atoms with Crippen LogP contribution in [0.1, 0.15) is 39.7 Å². The van der Waals surface area contributed by atoms with Gasteiger partial charge in [0.1, 0.15) is 17.4 Å². The second-order valence-electron chi connectivity index (χ2n) is 10.3. The molecule has 4 aromatic rings. The van der Waals surface area contributed by atoms with Crippen LogP contribution in [0.15, 0.2) is 65.7 Å². The predicted molar refractivity (Wildman–Crippen MR) is 136 cm³/mol. The van der Waals surface area contributed by atoms with Gasteiger partial charge in [-0.25, -0.2) is 4.58 Å². The zero-order valence-corrected chi connectivity index (χ0v) is 19.8. The fourth-order valence-corrected chi connectivity index (χ4v) is 7.10. The molecule has 5 nitrogen and oxygen atoms in total. The first kappa shape index (κ1) is 19.7. The average Bonchev–Trinajstić information content (AvgIpc) is 3.30. The molecule has 3 aliphatic heterocycles. The van der Waals surface area contributed by atoms with Gasteiger partial charge in [-0.3, -0.25) is 0 Å². The Morgan fingerprint density at radius 1 is 0.971 bits per heavy atom. The van der Waals surface area contributed by atoms with E-state index in [0.29, 0.717) is 0 Å². The van der Waals surface area contributed by atoms with Gasteiger partial charge in [-0.2, -0.15) is 0 Å². The van der Waals surface area contributed by atoms with Crippen LogP contribution >= 0.6 is 0 Å². The van der Waals surface area contributed by atoms with E-state index in [1.807, 2.05) is 6.34 Å². The first-order valence-electron chi connectivity index (χ1n) is 12.2. The van der Waals surface area contributed by atoms with Crippen molar-refractivity contribution in [1.29, 1.82) is 0 Å². The van der Waals surface area contributed by atoms with E-state index in [1.54, 1.807) is 7.11 Å². The molecule has 4 aliphatic rings. The summed E-state index contributed by atoms with van der Waals surface area (Å²) < 4.78 is 14.3. The monoisotopic (exact) mass is 461 g/mol. The van der Waals surface area contributed by atoms with Crippen LogP contribution in [0, 0.1) is 13.8 Å². The molecule has 1 aliphatic carbocycles. The number of aliphatic imine (C=N–C) groups is 1. The van der Waals surface area contributed by atoms with Gasteiger partial charge in [-0.1, -0.05) is 48.5 Å². The summed E-state index contributed by atoms with van der Waals surface area (Å²) in [7, 11) is 1.60. The SMILES string of the molecule is COC1(O)C2c3c(cc(C)c4c(C)cccc34)C3=[N+](C=NC4Oc5ccc6ccccc6c5C34)C21. The van der Waals surface area contributed by atoms with Crippen LogP contribution in [0.5, 0.6) is 5.75 Å². The molecule has 0 bridgehead atoms. The maximum atomic E-state index is 11.6. The minimum Gasteiger partial charge on any atom is -0.447 e. The van der Waals surface area contributed by atoms with Crippen molar-refractivity contribution in [3.63, 3.8) is 0 Å². The Labute approximate surface area is 202 Å². The molecule has 1 fully saturated rings. The highest BCUT2D eigenvalue weighted by Gasteiger charge is 2.75. The highest BCUT2D eigenvalue weighted by atomic mass is 16.6. The van der Waals surface area contributed by atoms with Crippen molar-refractivity contribution < 1.29 is 19.2 Å². The summed E-state index contributed by atoms with van der Waals surface area (Å²) in [6.07, 6.45) is 1.53. The molecule has 0 amide bonds. The van der Waals surface area contributed by atoms with E-state index in [1.165, 1.54) is 49.4 Å². The van der Waals surface area contributed by atoms with Crippen LogP contribution in [0.2, 0.25) is 0 Å². The smallest absolute Gasteiger partial charge is 0.293 e. The lowest BCUT2D eigenvalue weighted by Gasteiger charge is -2.27. The number of aliphatic hydroxyl groups is 1.